The van der Waals surface area contributed by atoms with Gasteiger partial charge in [0.05, 0.1) is 9.79 Å². The van der Waals surface area contributed by atoms with Gasteiger partial charge in [-0.05, 0) is 78.4 Å². The van der Waals surface area contributed by atoms with Crippen LogP contribution in [0.1, 0.15) is 82.9 Å². The fourth-order valence-electron chi connectivity index (χ4n) is 6.28. The Balaban J connectivity index is 1.49. The van der Waals surface area contributed by atoms with Crippen LogP contribution >= 0.6 is 0 Å². The van der Waals surface area contributed by atoms with E-state index in [1.807, 2.05) is 58.9 Å². The van der Waals surface area contributed by atoms with E-state index in [1.54, 1.807) is 18.2 Å². The number of hydrogen-bond acceptors (Lipinski definition) is 9. The van der Waals surface area contributed by atoms with Crippen molar-refractivity contribution >= 4 is 43.7 Å². The molecule has 2 aliphatic heterocycles. The molecule has 1 fully saturated rings. The van der Waals surface area contributed by atoms with Gasteiger partial charge in [0.2, 0.25) is 0 Å². The molecule has 0 saturated carbocycles. The molecule has 0 atom stereocenters. The Kier molecular flexibility index (Phi) is 11.7. The van der Waals surface area contributed by atoms with E-state index in [2.05, 4.69) is 11.5 Å². The second-order valence-electron chi connectivity index (χ2n) is 13.7. The molecule has 14 heteroatoms. The first kappa shape index (κ1) is 39.4. The second kappa shape index (κ2) is 15.1. The maximum atomic E-state index is 12.2. The third-order valence-corrected chi connectivity index (χ3v) is 11.1. The highest BCUT2D eigenvalue weighted by molar-refractivity contribution is 7.86. The van der Waals surface area contributed by atoms with Gasteiger partial charge in [-0.2, -0.15) is 16.8 Å². The summed E-state index contributed by atoms with van der Waals surface area (Å²) in [5.74, 6) is -1.72. The van der Waals surface area contributed by atoms with Crippen molar-refractivity contribution in [2.45, 2.75) is 93.8 Å². The van der Waals surface area contributed by atoms with Crippen LogP contribution in [-0.2, 0) is 50.3 Å². The van der Waals surface area contributed by atoms with Gasteiger partial charge in [-0.1, -0.05) is 71.1 Å². The summed E-state index contributed by atoms with van der Waals surface area (Å²) < 4.78 is 66.7. The van der Waals surface area contributed by atoms with Crippen molar-refractivity contribution in [3.05, 3.63) is 101 Å². The van der Waals surface area contributed by atoms with Crippen molar-refractivity contribution in [1.82, 2.24) is 5.06 Å². The van der Waals surface area contributed by atoms with E-state index >= 15 is 0 Å². The summed E-state index contributed by atoms with van der Waals surface area (Å²) in [6.45, 7) is 14.3. The van der Waals surface area contributed by atoms with Crippen molar-refractivity contribution in [3.63, 3.8) is 0 Å². The molecule has 2 amide bonds. The molecule has 0 radical (unpaired) electrons. The summed E-state index contributed by atoms with van der Waals surface area (Å²) in [5, 5.41) is 0.537. The van der Waals surface area contributed by atoms with Gasteiger partial charge in [0, 0.05) is 48.0 Å². The molecule has 2 aromatic rings. The fraction of sp³-hybridized carbons (Fsp3) is 0.378. The second-order valence-corrected chi connectivity index (χ2v) is 16.5. The minimum absolute atomic E-state index is 0.0248. The van der Waals surface area contributed by atoms with Crippen LogP contribution in [0.4, 0.5) is 5.69 Å². The fourth-order valence-corrected chi connectivity index (χ4v) is 7.29. The predicted molar refractivity (Wildman–Crippen MR) is 192 cm³/mol. The van der Waals surface area contributed by atoms with E-state index in [0.717, 1.165) is 16.9 Å². The van der Waals surface area contributed by atoms with E-state index < -0.39 is 48.8 Å². The summed E-state index contributed by atoms with van der Waals surface area (Å²) in [5.41, 5.74) is 3.31. The van der Waals surface area contributed by atoms with Gasteiger partial charge >= 0.3 is 5.97 Å². The molecule has 12 nitrogen and oxygen atoms in total. The number of fused-ring (bicyclic) bond motifs is 1. The number of aryl methyl sites for hydroxylation is 1. The molecule has 0 bridgehead atoms. The van der Waals surface area contributed by atoms with Crippen LogP contribution in [0.3, 0.4) is 0 Å². The largest absolute Gasteiger partial charge is 0.344 e. The van der Waals surface area contributed by atoms with E-state index in [9.17, 15) is 40.3 Å². The first-order chi connectivity index (χ1) is 23.7. The molecule has 51 heavy (non-hydrogen) atoms. The Morgan fingerprint density at radius 1 is 0.922 bits per heavy atom. The third-order valence-electron chi connectivity index (χ3n) is 9.38. The topological polar surface area (TPSA) is 176 Å². The molecule has 2 aromatic carbocycles. The van der Waals surface area contributed by atoms with Gasteiger partial charge in [0.15, 0.2) is 0 Å². The van der Waals surface area contributed by atoms with Gasteiger partial charge in [0.25, 0.3) is 32.1 Å². The van der Waals surface area contributed by atoms with Crippen LogP contribution in [0.5, 0.6) is 0 Å². The minimum Gasteiger partial charge on any atom is -0.344 e. The standard InChI is InChI=1S/C37H44N2O10S2/c1-25-16-17-27(50(43,44)45)23-29(25)36(3,4)26(2)13-9-7-10-14-32-37(5,6)30-24-28(51(46,47)48)18-19-31(30)38(32)22-12-8-11-15-35(42)49-39-33(40)20-21-34(39)41/h7,9-10,13-14,16-19,23-24H,2,8,11-12,15,20-22H2,1,3-6H3,(H,43,44,45)(H,46,47,48)/b10-7+,13-9+,32-14+. The maximum absolute atomic E-state index is 12.2. The molecule has 2 heterocycles. The van der Waals surface area contributed by atoms with Crippen molar-refractivity contribution in [2.24, 2.45) is 0 Å². The molecule has 0 aromatic heterocycles. The average Bonchev–Trinajstić information content (AvgIpc) is 3.46. The first-order valence-electron chi connectivity index (χ1n) is 16.5. The van der Waals surface area contributed by atoms with Gasteiger partial charge in [-0.25, -0.2) is 4.79 Å². The number of imide groups is 1. The minimum atomic E-state index is -4.44. The Labute approximate surface area is 299 Å². The highest BCUT2D eigenvalue weighted by Crippen LogP contribution is 2.48. The molecular weight excluding hydrogens is 697 g/mol. The Bertz CT molecular complexity index is 2040. The van der Waals surface area contributed by atoms with Crippen molar-refractivity contribution < 1.29 is 45.2 Å². The molecule has 0 aliphatic carbocycles. The number of nitrogens with zero attached hydrogens (tertiary/aromatic N) is 2. The number of allylic oxidation sites excluding steroid dienone is 7. The number of amides is 2. The number of benzene rings is 2. The Morgan fingerprint density at radius 2 is 1.53 bits per heavy atom. The monoisotopic (exact) mass is 740 g/mol. The third kappa shape index (κ3) is 8.93. The molecule has 1 saturated heterocycles. The van der Waals surface area contributed by atoms with E-state index in [0.29, 0.717) is 47.6 Å². The van der Waals surface area contributed by atoms with Crippen LogP contribution in [0.2, 0.25) is 0 Å². The van der Waals surface area contributed by atoms with Crippen molar-refractivity contribution in [3.8, 4) is 0 Å². The van der Waals surface area contributed by atoms with Crippen LogP contribution < -0.4 is 4.90 Å². The van der Waals surface area contributed by atoms with E-state index in [4.69, 9.17) is 4.84 Å². The van der Waals surface area contributed by atoms with Crippen LogP contribution in [0.15, 0.2) is 94.4 Å². The normalized spacial score (nSPS) is 17.3. The number of unbranched alkanes of at least 4 members (excludes halogenated alkanes) is 2. The Morgan fingerprint density at radius 3 is 2.16 bits per heavy atom. The van der Waals surface area contributed by atoms with Gasteiger partial charge in [0.1, 0.15) is 0 Å². The maximum Gasteiger partial charge on any atom is 0.333 e. The highest BCUT2D eigenvalue weighted by Gasteiger charge is 2.40. The Hall–Kier alpha value is -4.37. The number of rotatable bonds is 14. The summed E-state index contributed by atoms with van der Waals surface area (Å²) >= 11 is 0. The number of hydroxylamine groups is 2. The van der Waals surface area contributed by atoms with Gasteiger partial charge < -0.3 is 9.74 Å². The number of carbonyl (C=O) groups is 3. The molecule has 4 rings (SSSR count). The summed E-state index contributed by atoms with van der Waals surface area (Å²) in [4.78, 5) is 42.3. The molecule has 0 spiro atoms. The van der Waals surface area contributed by atoms with E-state index in [-0.39, 0.29) is 29.1 Å². The predicted octanol–water partition coefficient (Wildman–Crippen LogP) is 6.28. The lowest BCUT2D eigenvalue weighted by molar-refractivity contribution is -0.197. The van der Waals surface area contributed by atoms with E-state index in [1.165, 1.54) is 24.3 Å². The number of carbonyl (C=O) groups excluding carboxylic acids is 3. The number of anilines is 1. The number of hydrogen-bond donors (Lipinski definition) is 2. The zero-order chi connectivity index (χ0) is 37.9. The van der Waals surface area contributed by atoms with Crippen molar-refractivity contribution in [2.75, 3.05) is 11.4 Å². The highest BCUT2D eigenvalue weighted by atomic mass is 32.2. The van der Waals surface area contributed by atoms with Gasteiger partial charge in [-0.15, -0.1) is 5.06 Å². The van der Waals surface area contributed by atoms with Crippen LogP contribution in [0.25, 0.3) is 0 Å². The quantitative estimate of drug-likeness (QED) is 0.0965. The zero-order valence-corrected chi connectivity index (χ0v) is 31.0. The zero-order valence-electron chi connectivity index (χ0n) is 29.4. The van der Waals surface area contributed by atoms with Crippen LogP contribution in [-0.4, -0.2) is 55.3 Å². The summed E-state index contributed by atoms with van der Waals surface area (Å²) in [7, 11) is -8.81. The molecule has 2 N–H and O–H groups in total. The summed E-state index contributed by atoms with van der Waals surface area (Å²) in [6, 6.07) is 8.95. The smallest absolute Gasteiger partial charge is 0.333 e. The average molecular weight is 741 g/mol. The summed E-state index contributed by atoms with van der Waals surface area (Å²) in [6.07, 6.45) is 11.0. The lowest BCUT2D eigenvalue weighted by Crippen LogP contribution is -2.32. The van der Waals surface area contributed by atoms with Gasteiger partial charge in [-0.3, -0.25) is 18.7 Å². The molecular formula is C37H44N2O10S2. The lowest BCUT2D eigenvalue weighted by atomic mass is 9.76. The lowest BCUT2D eigenvalue weighted by Gasteiger charge is -2.28. The molecule has 274 valence electrons. The molecule has 2 aliphatic rings. The first-order valence-corrected chi connectivity index (χ1v) is 19.3. The SMILES string of the molecule is C=C(/C=C/C=C/C=C1/N(CCCCCC(=O)ON2C(=O)CCC2=O)c2ccc(S(=O)(=O)O)cc2C1(C)C)C(C)(C)c1cc(S(=O)(=O)O)ccc1C. The van der Waals surface area contributed by atoms with Crippen molar-refractivity contribution in [1.29, 1.82) is 0 Å². The molecule has 0 unspecified atom stereocenters. The van der Waals surface area contributed by atoms with Crippen LogP contribution in [0, 0.1) is 6.92 Å².